The lowest BCUT2D eigenvalue weighted by atomic mass is 10.0. The number of furan rings is 1. The minimum Gasteiger partial charge on any atom is -0.475 e. The number of hydrogen-bond acceptors (Lipinski definition) is 3. The molecule has 1 aromatic heterocycles. The number of rotatable bonds is 5. The highest BCUT2D eigenvalue weighted by atomic mass is 19.4. The molecule has 0 atom stereocenters. The first-order chi connectivity index (χ1) is 12.3. The molecule has 0 spiro atoms. The first kappa shape index (κ1) is 17.8. The van der Waals surface area contributed by atoms with Crippen LogP contribution in [-0.4, -0.2) is 11.1 Å². The minimum atomic E-state index is -4.40. The van der Waals surface area contributed by atoms with E-state index in [1.165, 1.54) is 12.1 Å². The fourth-order valence-electron chi connectivity index (χ4n) is 2.75. The summed E-state index contributed by atoms with van der Waals surface area (Å²) in [4.78, 5) is 10.9. The first-order valence-corrected chi connectivity index (χ1v) is 7.97. The lowest BCUT2D eigenvalue weighted by molar-refractivity contribution is -0.138. The van der Waals surface area contributed by atoms with Crippen molar-refractivity contribution in [3.63, 3.8) is 0 Å². The van der Waals surface area contributed by atoms with E-state index < -0.39 is 17.7 Å². The molecule has 7 heteroatoms. The number of aromatic carboxylic acids is 1. The zero-order valence-electron chi connectivity index (χ0n) is 13.9. The van der Waals surface area contributed by atoms with Crippen LogP contribution in [0.3, 0.4) is 0 Å². The lowest BCUT2D eigenvalue weighted by Crippen LogP contribution is -2.10. The molecule has 0 amide bonds. The van der Waals surface area contributed by atoms with Crippen LogP contribution < -0.4 is 5.32 Å². The van der Waals surface area contributed by atoms with Gasteiger partial charge in [-0.1, -0.05) is 25.1 Å². The standard InChI is InChI=1S/C19H16F3NO3/c1-2-12-5-6-14(9-15(12)19(20,21)22)23-10-11-3-4-13-8-17(18(24)25)26-16(13)7-11/h3-9,23H,2,10H2,1H3,(H,24,25). The van der Waals surface area contributed by atoms with Gasteiger partial charge < -0.3 is 14.8 Å². The number of nitrogens with one attached hydrogen (secondary N) is 1. The van der Waals surface area contributed by atoms with E-state index in [-0.39, 0.29) is 17.9 Å². The van der Waals surface area contributed by atoms with Crippen LogP contribution in [0.4, 0.5) is 18.9 Å². The molecule has 0 saturated carbocycles. The Morgan fingerprint density at radius 2 is 1.92 bits per heavy atom. The Labute approximate surface area is 147 Å². The molecule has 2 aromatic carbocycles. The number of carboxylic acid groups (broad SMARTS) is 1. The fraction of sp³-hybridized carbons (Fsp3) is 0.211. The molecule has 136 valence electrons. The van der Waals surface area contributed by atoms with Crippen LogP contribution >= 0.6 is 0 Å². The van der Waals surface area contributed by atoms with Crippen LogP contribution in [0.5, 0.6) is 0 Å². The van der Waals surface area contributed by atoms with E-state index in [2.05, 4.69) is 5.32 Å². The number of alkyl halides is 3. The van der Waals surface area contributed by atoms with Crippen molar-refractivity contribution in [2.75, 3.05) is 5.32 Å². The van der Waals surface area contributed by atoms with Gasteiger partial charge in [0.2, 0.25) is 5.76 Å². The zero-order chi connectivity index (χ0) is 18.9. The van der Waals surface area contributed by atoms with Crippen molar-refractivity contribution in [3.05, 3.63) is 64.9 Å². The van der Waals surface area contributed by atoms with Gasteiger partial charge in [-0.05, 0) is 41.8 Å². The third-order valence-electron chi connectivity index (χ3n) is 4.09. The molecular weight excluding hydrogens is 347 g/mol. The number of halogens is 3. The van der Waals surface area contributed by atoms with Crippen molar-refractivity contribution in [3.8, 4) is 0 Å². The number of anilines is 1. The van der Waals surface area contributed by atoms with Gasteiger partial charge in [-0.3, -0.25) is 0 Å². The van der Waals surface area contributed by atoms with Crippen LogP contribution in [0.2, 0.25) is 0 Å². The molecule has 3 rings (SSSR count). The average Bonchev–Trinajstić information content (AvgIpc) is 3.02. The second kappa shape index (κ2) is 6.74. The Balaban J connectivity index is 1.80. The molecule has 0 aliphatic carbocycles. The highest BCUT2D eigenvalue weighted by Gasteiger charge is 2.33. The van der Waals surface area contributed by atoms with E-state index in [0.717, 1.165) is 11.6 Å². The number of carboxylic acids is 1. The monoisotopic (exact) mass is 363 g/mol. The summed E-state index contributed by atoms with van der Waals surface area (Å²) >= 11 is 0. The van der Waals surface area contributed by atoms with Crippen LogP contribution in [0, 0.1) is 0 Å². The molecule has 2 N–H and O–H groups in total. The molecule has 0 radical (unpaired) electrons. The van der Waals surface area contributed by atoms with Gasteiger partial charge in [0.15, 0.2) is 0 Å². The van der Waals surface area contributed by atoms with E-state index in [0.29, 0.717) is 23.1 Å². The van der Waals surface area contributed by atoms with Crippen LogP contribution in [0.25, 0.3) is 11.0 Å². The first-order valence-electron chi connectivity index (χ1n) is 7.97. The van der Waals surface area contributed by atoms with Crippen molar-refractivity contribution in [1.82, 2.24) is 0 Å². The molecule has 0 aliphatic heterocycles. The topological polar surface area (TPSA) is 62.5 Å². The van der Waals surface area contributed by atoms with Crippen molar-refractivity contribution < 1.29 is 27.5 Å². The van der Waals surface area contributed by atoms with Gasteiger partial charge in [0, 0.05) is 17.6 Å². The number of hydrogen-bond donors (Lipinski definition) is 2. The van der Waals surface area contributed by atoms with Crippen molar-refractivity contribution >= 4 is 22.6 Å². The summed E-state index contributed by atoms with van der Waals surface area (Å²) in [6.45, 7) is 1.96. The van der Waals surface area contributed by atoms with E-state index in [9.17, 15) is 18.0 Å². The van der Waals surface area contributed by atoms with Gasteiger partial charge >= 0.3 is 12.1 Å². The van der Waals surface area contributed by atoms with Crippen molar-refractivity contribution in [2.45, 2.75) is 26.1 Å². The smallest absolute Gasteiger partial charge is 0.416 e. The highest BCUT2D eigenvalue weighted by Crippen LogP contribution is 2.34. The summed E-state index contributed by atoms with van der Waals surface area (Å²) in [5, 5.41) is 12.6. The van der Waals surface area contributed by atoms with Crippen LogP contribution in [-0.2, 0) is 19.1 Å². The van der Waals surface area contributed by atoms with Crippen molar-refractivity contribution in [2.24, 2.45) is 0 Å². The molecular formula is C19H16F3NO3. The average molecular weight is 363 g/mol. The molecule has 0 bridgehead atoms. The Morgan fingerprint density at radius 3 is 2.58 bits per heavy atom. The minimum absolute atomic E-state index is 0.157. The Kier molecular flexibility index (Phi) is 4.63. The maximum atomic E-state index is 13.1. The Hall–Kier alpha value is -2.96. The summed E-state index contributed by atoms with van der Waals surface area (Å²) in [5.74, 6) is -1.31. The van der Waals surface area contributed by atoms with Gasteiger partial charge in [-0.25, -0.2) is 4.79 Å². The molecule has 26 heavy (non-hydrogen) atoms. The second-order valence-electron chi connectivity index (χ2n) is 5.86. The molecule has 0 aliphatic rings. The number of benzene rings is 2. The number of aryl methyl sites for hydroxylation is 1. The molecule has 0 fully saturated rings. The van der Waals surface area contributed by atoms with E-state index in [1.807, 2.05) is 0 Å². The van der Waals surface area contributed by atoms with Gasteiger partial charge in [0.05, 0.1) is 5.56 Å². The maximum Gasteiger partial charge on any atom is 0.416 e. The second-order valence-corrected chi connectivity index (χ2v) is 5.86. The van der Waals surface area contributed by atoms with Gasteiger partial charge in [0.25, 0.3) is 0 Å². The molecule has 3 aromatic rings. The normalized spacial score (nSPS) is 11.7. The largest absolute Gasteiger partial charge is 0.475 e. The predicted molar refractivity (Wildman–Crippen MR) is 91.3 cm³/mol. The van der Waals surface area contributed by atoms with Gasteiger partial charge in [-0.2, -0.15) is 13.2 Å². The predicted octanol–water partition coefficient (Wildman–Crippen LogP) is 5.32. The lowest BCUT2D eigenvalue weighted by Gasteiger charge is -2.14. The summed E-state index contributed by atoms with van der Waals surface area (Å²) in [5.41, 5.74) is 1.15. The third kappa shape index (κ3) is 3.66. The van der Waals surface area contributed by atoms with Crippen molar-refractivity contribution in [1.29, 1.82) is 0 Å². The fourth-order valence-corrected chi connectivity index (χ4v) is 2.75. The van der Waals surface area contributed by atoms with Crippen LogP contribution in [0.15, 0.2) is 46.9 Å². The quantitative estimate of drug-likeness (QED) is 0.644. The van der Waals surface area contributed by atoms with Crippen LogP contribution in [0.1, 0.15) is 34.2 Å². The van der Waals surface area contributed by atoms with Gasteiger partial charge in [0.1, 0.15) is 5.58 Å². The zero-order valence-corrected chi connectivity index (χ0v) is 13.9. The molecule has 1 heterocycles. The summed E-state index contributed by atoms with van der Waals surface area (Å²) in [6, 6.07) is 10.8. The summed E-state index contributed by atoms with van der Waals surface area (Å²) < 4.78 is 44.6. The van der Waals surface area contributed by atoms with Gasteiger partial charge in [-0.15, -0.1) is 0 Å². The Morgan fingerprint density at radius 1 is 1.15 bits per heavy atom. The van der Waals surface area contributed by atoms with E-state index in [4.69, 9.17) is 9.52 Å². The highest BCUT2D eigenvalue weighted by molar-refractivity contribution is 5.91. The van der Waals surface area contributed by atoms with E-state index in [1.54, 1.807) is 31.2 Å². The Bertz CT molecular complexity index is 960. The number of fused-ring (bicyclic) bond motifs is 1. The summed E-state index contributed by atoms with van der Waals surface area (Å²) in [6.07, 6.45) is -4.10. The van der Waals surface area contributed by atoms with E-state index >= 15 is 0 Å². The maximum absolute atomic E-state index is 13.1. The SMILES string of the molecule is CCc1ccc(NCc2ccc3cc(C(=O)O)oc3c2)cc1C(F)(F)F. The molecule has 0 unspecified atom stereocenters. The number of carbonyl (C=O) groups is 1. The molecule has 0 saturated heterocycles. The molecule has 4 nitrogen and oxygen atoms in total. The third-order valence-corrected chi connectivity index (χ3v) is 4.09. The summed E-state index contributed by atoms with van der Waals surface area (Å²) in [7, 11) is 0.